The van der Waals surface area contributed by atoms with Gasteiger partial charge in [-0.15, -0.1) is 11.8 Å². The molecule has 0 spiro atoms. The SMILES string of the molecule is CC(CC(C)(O)CN)Sc1ccccc1F. The van der Waals surface area contributed by atoms with E-state index in [2.05, 4.69) is 0 Å². The number of hydrogen-bond acceptors (Lipinski definition) is 3. The second-order valence-corrected chi connectivity index (χ2v) is 5.74. The van der Waals surface area contributed by atoms with Crippen LogP contribution in [0.3, 0.4) is 0 Å². The van der Waals surface area contributed by atoms with Gasteiger partial charge in [-0.1, -0.05) is 19.1 Å². The van der Waals surface area contributed by atoms with Crippen molar-refractivity contribution >= 4 is 11.8 Å². The zero-order valence-electron chi connectivity index (χ0n) is 9.61. The van der Waals surface area contributed by atoms with Gasteiger partial charge in [-0.3, -0.25) is 0 Å². The van der Waals surface area contributed by atoms with Crippen LogP contribution in [0.1, 0.15) is 20.3 Å². The highest BCUT2D eigenvalue weighted by Crippen LogP contribution is 2.29. The van der Waals surface area contributed by atoms with E-state index in [-0.39, 0.29) is 17.6 Å². The third kappa shape index (κ3) is 4.12. The molecule has 0 aliphatic heterocycles. The normalized spacial score (nSPS) is 16.8. The Morgan fingerprint density at radius 1 is 1.50 bits per heavy atom. The van der Waals surface area contributed by atoms with Crippen molar-refractivity contribution in [2.24, 2.45) is 5.73 Å². The van der Waals surface area contributed by atoms with Gasteiger partial charge in [0.25, 0.3) is 0 Å². The zero-order chi connectivity index (χ0) is 12.2. The fourth-order valence-electron chi connectivity index (χ4n) is 1.50. The summed E-state index contributed by atoms with van der Waals surface area (Å²) in [5.41, 5.74) is 4.57. The minimum Gasteiger partial charge on any atom is -0.389 e. The molecule has 16 heavy (non-hydrogen) atoms. The summed E-state index contributed by atoms with van der Waals surface area (Å²) in [4.78, 5) is 0.614. The van der Waals surface area contributed by atoms with Gasteiger partial charge in [0, 0.05) is 16.7 Å². The number of nitrogens with two attached hydrogens (primary N) is 1. The van der Waals surface area contributed by atoms with Crippen molar-refractivity contribution in [2.75, 3.05) is 6.54 Å². The molecular formula is C12H18FNOS. The van der Waals surface area contributed by atoms with Gasteiger partial charge in [-0.05, 0) is 25.5 Å². The van der Waals surface area contributed by atoms with E-state index in [4.69, 9.17) is 5.73 Å². The average molecular weight is 243 g/mol. The lowest BCUT2D eigenvalue weighted by molar-refractivity contribution is 0.0608. The van der Waals surface area contributed by atoms with Crippen LogP contribution in [0.25, 0.3) is 0 Å². The molecule has 90 valence electrons. The molecule has 0 saturated heterocycles. The summed E-state index contributed by atoms with van der Waals surface area (Å²) >= 11 is 1.42. The van der Waals surface area contributed by atoms with Crippen molar-refractivity contribution in [1.82, 2.24) is 0 Å². The van der Waals surface area contributed by atoms with Crippen LogP contribution in [0.15, 0.2) is 29.2 Å². The quantitative estimate of drug-likeness (QED) is 0.781. The van der Waals surface area contributed by atoms with Gasteiger partial charge in [0.05, 0.1) is 5.60 Å². The summed E-state index contributed by atoms with van der Waals surface area (Å²) in [6, 6.07) is 6.66. The molecular weight excluding hydrogens is 225 g/mol. The van der Waals surface area contributed by atoms with Crippen LogP contribution in [-0.4, -0.2) is 22.5 Å². The van der Waals surface area contributed by atoms with E-state index >= 15 is 0 Å². The van der Waals surface area contributed by atoms with Crippen molar-refractivity contribution in [3.63, 3.8) is 0 Å². The van der Waals surface area contributed by atoms with Crippen LogP contribution >= 0.6 is 11.8 Å². The van der Waals surface area contributed by atoms with Gasteiger partial charge >= 0.3 is 0 Å². The largest absolute Gasteiger partial charge is 0.389 e. The summed E-state index contributed by atoms with van der Waals surface area (Å²) in [5.74, 6) is -0.216. The zero-order valence-corrected chi connectivity index (χ0v) is 10.4. The van der Waals surface area contributed by atoms with Gasteiger partial charge < -0.3 is 10.8 Å². The van der Waals surface area contributed by atoms with Gasteiger partial charge in [0.2, 0.25) is 0 Å². The summed E-state index contributed by atoms with van der Waals surface area (Å²) in [6.45, 7) is 3.88. The predicted octanol–water partition coefficient (Wildman–Crippen LogP) is 2.41. The predicted molar refractivity (Wildman–Crippen MR) is 66.0 cm³/mol. The molecule has 0 aliphatic rings. The maximum absolute atomic E-state index is 13.4. The maximum atomic E-state index is 13.4. The van der Waals surface area contributed by atoms with Crippen LogP contribution in [0.4, 0.5) is 4.39 Å². The van der Waals surface area contributed by atoms with E-state index in [0.29, 0.717) is 11.3 Å². The van der Waals surface area contributed by atoms with Crippen LogP contribution < -0.4 is 5.73 Å². The van der Waals surface area contributed by atoms with E-state index in [1.54, 1.807) is 25.1 Å². The first-order valence-electron chi connectivity index (χ1n) is 5.28. The van der Waals surface area contributed by atoms with E-state index in [0.717, 1.165) is 0 Å². The van der Waals surface area contributed by atoms with Crippen LogP contribution in [0, 0.1) is 5.82 Å². The van der Waals surface area contributed by atoms with Crippen molar-refractivity contribution in [3.8, 4) is 0 Å². The number of aliphatic hydroxyl groups is 1. The number of benzene rings is 1. The molecule has 0 saturated carbocycles. The molecule has 3 N–H and O–H groups in total. The summed E-state index contributed by atoms with van der Waals surface area (Å²) in [5, 5.41) is 9.93. The first-order valence-corrected chi connectivity index (χ1v) is 6.16. The summed E-state index contributed by atoms with van der Waals surface area (Å²) in [6.07, 6.45) is 0.544. The number of hydrogen-bond donors (Lipinski definition) is 2. The first-order chi connectivity index (χ1) is 7.44. The standard InChI is InChI=1S/C12H18FNOS/c1-9(7-12(2,15)8-14)16-11-6-4-3-5-10(11)13/h3-6,9,15H,7-8,14H2,1-2H3. The molecule has 2 atom stereocenters. The van der Waals surface area contributed by atoms with Gasteiger partial charge in [0.15, 0.2) is 0 Å². The first kappa shape index (κ1) is 13.5. The lowest BCUT2D eigenvalue weighted by Gasteiger charge is -2.24. The highest BCUT2D eigenvalue weighted by atomic mass is 32.2. The lowest BCUT2D eigenvalue weighted by atomic mass is 10.0. The van der Waals surface area contributed by atoms with E-state index in [9.17, 15) is 9.50 Å². The molecule has 2 unspecified atom stereocenters. The molecule has 0 heterocycles. The van der Waals surface area contributed by atoms with Gasteiger partial charge in [-0.2, -0.15) is 0 Å². The minimum atomic E-state index is -0.877. The molecule has 1 aromatic carbocycles. The van der Waals surface area contributed by atoms with Crippen molar-refractivity contribution < 1.29 is 9.50 Å². The van der Waals surface area contributed by atoms with Gasteiger partial charge in [0.1, 0.15) is 5.82 Å². The van der Waals surface area contributed by atoms with Crippen LogP contribution in [0.2, 0.25) is 0 Å². The molecule has 0 aromatic heterocycles. The Balaban J connectivity index is 2.58. The fourth-order valence-corrected chi connectivity index (χ4v) is 2.71. The Bertz CT molecular complexity index is 344. The molecule has 1 rings (SSSR count). The van der Waals surface area contributed by atoms with E-state index in [1.165, 1.54) is 17.8 Å². The third-order valence-electron chi connectivity index (χ3n) is 2.33. The molecule has 0 bridgehead atoms. The molecule has 1 aromatic rings. The van der Waals surface area contributed by atoms with Crippen molar-refractivity contribution in [1.29, 1.82) is 0 Å². The maximum Gasteiger partial charge on any atom is 0.136 e. The highest BCUT2D eigenvalue weighted by Gasteiger charge is 2.22. The van der Waals surface area contributed by atoms with E-state index < -0.39 is 5.60 Å². The second kappa shape index (κ2) is 5.66. The Kier molecular flexibility index (Phi) is 4.77. The smallest absolute Gasteiger partial charge is 0.136 e. The van der Waals surface area contributed by atoms with Crippen LogP contribution in [0.5, 0.6) is 0 Å². The number of rotatable bonds is 5. The fraction of sp³-hybridized carbons (Fsp3) is 0.500. The average Bonchev–Trinajstić information content (AvgIpc) is 2.21. The van der Waals surface area contributed by atoms with Gasteiger partial charge in [-0.25, -0.2) is 4.39 Å². The van der Waals surface area contributed by atoms with Crippen LogP contribution in [-0.2, 0) is 0 Å². The Morgan fingerprint density at radius 2 is 2.12 bits per heavy atom. The summed E-state index contributed by atoms with van der Waals surface area (Å²) in [7, 11) is 0. The lowest BCUT2D eigenvalue weighted by Crippen LogP contribution is -2.36. The highest BCUT2D eigenvalue weighted by molar-refractivity contribution is 8.00. The molecule has 0 fully saturated rings. The Labute approximate surface area is 100 Å². The second-order valence-electron chi connectivity index (χ2n) is 4.26. The van der Waals surface area contributed by atoms with E-state index in [1.807, 2.05) is 6.92 Å². The molecule has 0 radical (unpaired) electrons. The third-order valence-corrected chi connectivity index (χ3v) is 3.49. The Hall–Kier alpha value is -0.580. The molecule has 4 heteroatoms. The monoisotopic (exact) mass is 243 g/mol. The van der Waals surface area contributed by atoms with Crippen molar-refractivity contribution in [3.05, 3.63) is 30.1 Å². The topological polar surface area (TPSA) is 46.2 Å². The molecule has 0 amide bonds. The summed E-state index contributed by atoms with van der Waals surface area (Å²) < 4.78 is 13.4. The Morgan fingerprint density at radius 3 is 2.69 bits per heavy atom. The van der Waals surface area contributed by atoms with Crippen molar-refractivity contribution in [2.45, 2.75) is 36.0 Å². The number of halogens is 1. The molecule has 2 nitrogen and oxygen atoms in total. The number of thioether (sulfide) groups is 1. The molecule has 0 aliphatic carbocycles. The minimum absolute atomic E-state index is 0.121.